The van der Waals surface area contributed by atoms with Crippen molar-refractivity contribution in [2.24, 2.45) is 5.73 Å². The second-order valence-corrected chi connectivity index (χ2v) is 3.42. The van der Waals surface area contributed by atoms with E-state index in [0.29, 0.717) is 35.6 Å². The minimum absolute atomic E-state index is 0.518. The van der Waals surface area contributed by atoms with E-state index in [1.807, 2.05) is 0 Å². The molecule has 0 bridgehead atoms. The summed E-state index contributed by atoms with van der Waals surface area (Å²) < 4.78 is 1.57. The predicted octanol–water partition coefficient (Wildman–Crippen LogP) is -0.562. The first kappa shape index (κ1) is 9.85. The molecule has 0 aliphatic rings. The Balaban J connectivity index is 2.29. The number of nitrogens with one attached hydrogen (secondary N) is 1. The van der Waals surface area contributed by atoms with Gasteiger partial charge in [-0.25, -0.2) is 9.97 Å². The Labute approximate surface area is 95.9 Å². The maximum atomic E-state index is 5.46. The maximum absolute atomic E-state index is 5.46. The Hall–Kier alpha value is -2.35. The van der Waals surface area contributed by atoms with E-state index in [-0.39, 0.29) is 0 Å². The molecular weight excluding hydrogens is 220 g/mol. The van der Waals surface area contributed by atoms with Crippen molar-refractivity contribution in [1.29, 1.82) is 0 Å². The lowest BCUT2D eigenvalue weighted by Crippen LogP contribution is -2.15. The van der Waals surface area contributed by atoms with Gasteiger partial charge in [0.15, 0.2) is 5.82 Å². The fraction of sp³-hybridized carbons (Fsp3) is 0.222. The average Bonchev–Trinajstić information content (AvgIpc) is 2.84. The Kier molecular flexibility index (Phi) is 2.26. The van der Waals surface area contributed by atoms with Gasteiger partial charge in [-0.05, 0) is 0 Å². The summed E-state index contributed by atoms with van der Waals surface area (Å²) in [6, 6.07) is 0. The van der Waals surface area contributed by atoms with E-state index >= 15 is 0 Å². The van der Waals surface area contributed by atoms with Crippen molar-refractivity contribution in [1.82, 2.24) is 29.8 Å². The highest BCUT2D eigenvalue weighted by molar-refractivity contribution is 5.93. The van der Waals surface area contributed by atoms with Crippen LogP contribution in [0.4, 0.5) is 5.82 Å². The van der Waals surface area contributed by atoms with Crippen molar-refractivity contribution in [3.8, 4) is 0 Å². The highest BCUT2D eigenvalue weighted by Gasteiger charge is 2.11. The molecule has 0 unspecified atom stereocenters. The number of nitrogens with zero attached hydrogens (tertiary/aromatic N) is 6. The van der Waals surface area contributed by atoms with E-state index < -0.39 is 0 Å². The van der Waals surface area contributed by atoms with Crippen LogP contribution in [0.25, 0.3) is 16.7 Å². The standard InChI is InChI=1S/C9H10N8/c10-1-2-13-8-6-7(12-4-3-11-6)9-15-14-5-17(9)16-8/h3-5H,1-2,10H2,(H,13,16). The van der Waals surface area contributed by atoms with Gasteiger partial charge < -0.3 is 11.1 Å². The van der Waals surface area contributed by atoms with Gasteiger partial charge >= 0.3 is 0 Å². The van der Waals surface area contributed by atoms with Gasteiger partial charge in [0, 0.05) is 25.5 Å². The van der Waals surface area contributed by atoms with E-state index in [9.17, 15) is 0 Å². The Bertz CT molecular complexity index is 660. The third-order valence-corrected chi connectivity index (χ3v) is 2.31. The summed E-state index contributed by atoms with van der Waals surface area (Å²) in [4.78, 5) is 8.51. The monoisotopic (exact) mass is 230 g/mol. The van der Waals surface area contributed by atoms with Crippen molar-refractivity contribution in [2.45, 2.75) is 0 Å². The van der Waals surface area contributed by atoms with E-state index in [1.54, 1.807) is 16.9 Å². The van der Waals surface area contributed by atoms with E-state index in [0.717, 1.165) is 0 Å². The highest BCUT2D eigenvalue weighted by Crippen LogP contribution is 2.19. The van der Waals surface area contributed by atoms with Gasteiger partial charge in [0.05, 0.1) is 0 Å². The summed E-state index contributed by atoms with van der Waals surface area (Å²) in [5.41, 5.74) is 7.38. The number of rotatable bonds is 3. The first-order valence-electron chi connectivity index (χ1n) is 5.15. The molecule has 0 saturated heterocycles. The fourth-order valence-electron chi connectivity index (χ4n) is 1.60. The SMILES string of the molecule is NCCNc1nn2cnnc2c2nccnc12. The van der Waals surface area contributed by atoms with Gasteiger partial charge in [-0.3, -0.25) is 0 Å². The van der Waals surface area contributed by atoms with Gasteiger partial charge in [0.25, 0.3) is 0 Å². The van der Waals surface area contributed by atoms with Crippen molar-refractivity contribution >= 4 is 22.5 Å². The van der Waals surface area contributed by atoms with E-state index in [2.05, 4.69) is 30.6 Å². The zero-order chi connectivity index (χ0) is 11.7. The summed E-state index contributed by atoms with van der Waals surface area (Å²) in [6.07, 6.45) is 4.76. The number of fused-ring (bicyclic) bond motifs is 3. The van der Waals surface area contributed by atoms with Crippen LogP contribution in [0.1, 0.15) is 0 Å². The van der Waals surface area contributed by atoms with E-state index in [1.165, 1.54) is 6.33 Å². The third-order valence-electron chi connectivity index (χ3n) is 2.31. The van der Waals surface area contributed by atoms with Crippen LogP contribution in [0.5, 0.6) is 0 Å². The van der Waals surface area contributed by atoms with Crippen molar-refractivity contribution in [3.05, 3.63) is 18.7 Å². The molecule has 0 aliphatic heterocycles. The molecule has 17 heavy (non-hydrogen) atoms. The number of anilines is 1. The normalized spacial score (nSPS) is 11.1. The van der Waals surface area contributed by atoms with Crippen LogP contribution in [0, 0.1) is 0 Å². The molecule has 0 spiro atoms. The van der Waals surface area contributed by atoms with Gasteiger partial charge in [0.2, 0.25) is 5.65 Å². The van der Waals surface area contributed by atoms with Crippen LogP contribution < -0.4 is 11.1 Å². The Morgan fingerprint density at radius 3 is 2.88 bits per heavy atom. The van der Waals surface area contributed by atoms with Gasteiger partial charge in [-0.15, -0.1) is 15.3 Å². The molecule has 8 nitrogen and oxygen atoms in total. The molecule has 0 saturated carbocycles. The fourth-order valence-corrected chi connectivity index (χ4v) is 1.60. The zero-order valence-electron chi connectivity index (χ0n) is 8.91. The molecular formula is C9H10N8. The Morgan fingerprint density at radius 1 is 1.24 bits per heavy atom. The maximum Gasteiger partial charge on any atom is 0.205 e. The summed E-state index contributed by atoms with van der Waals surface area (Å²) in [5, 5.41) is 15.2. The lowest BCUT2D eigenvalue weighted by atomic mass is 10.4. The second kappa shape index (κ2) is 3.91. The van der Waals surface area contributed by atoms with Gasteiger partial charge in [0.1, 0.15) is 17.4 Å². The van der Waals surface area contributed by atoms with Crippen LogP contribution in [-0.2, 0) is 0 Å². The van der Waals surface area contributed by atoms with E-state index in [4.69, 9.17) is 5.73 Å². The van der Waals surface area contributed by atoms with Crippen LogP contribution in [-0.4, -0.2) is 42.9 Å². The quantitative estimate of drug-likeness (QED) is 0.620. The zero-order valence-corrected chi connectivity index (χ0v) is 8.91. The smallest absolute Gasteiger partial charge is 0.205 e. The van der Waals surface area contributed by atoms with Crippen LogP contribution >= 0.6 is 0 Å². The number of aromatic nitrogens is 6. The number of hydrogen-bond acceptors (Lipinski definition) is 7. The van der Waals surface area contributed by atoms with Crippen molar-refractivity contribution in [3.63, 3.8) is 0 Å². The van der Waals surface area contributed by atoms with Crippen LogP contribution in [0.2, 0.25) is 0 Å². The third kappa shape index (κ3) is 1.54. The molecule has 3 heterocycles. The average molecular weight is 230 g/mol. The first-order valence-corrected chi connectivity index (χ1v) is 5.15. The van der Waals surface area contributed by atoms with Crippen LogP contribution in [0.15, 0.2) is 18.7 Å². The molecule has 0 atom stereocenters. The first-order chi connectivity index (χ1) is 8.40. The molecule has 0 fully saturated rings. The molecule has 86 valence electrons. The topological polar surface area (TPSA) is 107 Å². The molecule has 3 aromatic rings. The molecule has 3 aromatic heterocycles. The second-order valence-electron chi connectivity index (χ2n) is 3.42. The minimum atomic E-state index is 0.518. The molecule has 3 N–H and O–H groups in total. The van der Waals surface area contributed by atoms with Crippen molar-refractivity contribution < 1.29 is 0 Å². The number of nitrogens with two attached hydrogens (primary N) is 1. The van der Waals surface area contributed by atoms with Crippen LogP contribution in [0.3, 0.4) is 0 Å². The molecule has 0 aromatic carbocycles. The molecule has 0 aliphatic carbocycles. The summed E-state index contributed by atoms with van der Waals surface area (Å²) in [5.74, 6) is 0.630. The van der Waals surface area contributed by atoms with Gasteiger partial charge in [-0.2, -0.15) is 4.52 Å². The number of hydrogen-bond donors (Lipinski definition) is 2. The lowest BCUT2D eigenvalue weighted by molar-refractivity contribution is 0.915. The molecule has 0 radical (unpaired) electrons. The van der Waals surface area contributed by atoms with Gasteiger partial charge in [-0.1, -0.05) is 0 Å². The summed E-state index contributed by atoms with van der Waals surface area (Å²) >= 11 is 0. The highest BCUT2D eigenvalue weighted by atomic mass is 15.4. The summed E-state index contributed by atoms with van der Waals surface area (Å²) in [7, 11) is 0. The lowest BCUT2D eigenvalue weighted by Gasteiger charge is -2.06. The molecule has 8 heteroatoms. The summed E-state index contributed by atoms with van der Waals surface area (Å²) in [6.45, 7) is 1.13. The molecule has 0 amide bonds. The predicted molar refractivity (Wildman–Crippen MR) is 61.4 cm³/mol. The molecule has 3 rings (SSSR count). The van der Waals surface area contributed by atoms with Crippen molar-refractivity contribution in [2.75, 3.05) is 18.4 Å². The largest absolute Gasteiger partial charge is 0.365 e. The Morgan fingerprint density at radius 2 is 2.06 bits per heavy atom. The minimum Gasteiger partial charge on any atom is -0.365 e.